The zero-order valence-electron chi connectivity index (χ0n) is 18.5. The highest BCUT2D eigenvalue weighted by Crippen LogP contribution is 2.51. The summed E-state index contributed by atoms with van der Waals surface area (Å²) in [5.41, 5.74) is -0.307. The largest absolute Gasteiger partial charge is 0.465 e. The van der Waals surface area contributed by atoms with Crippen LogP contribution in [0, 0.1) is 21.4 Å². The van der Waals surface area contributed by atoms with E-state index >= 15 is 0 Å². The predicted octanol–water partition coefficient (Wildman–Crippen LogP) is 3.67. The van der Waals surface area contributed by atoms with Crippen LogP contribution in [0.3, 0.4) is 0 Å². The highest BCUT2D eigenvalue weighted by molar-refractivity contribution is 7.89. The zero-order valence-corrected chi connectivity index (χ0v) is 19.4. The molecule has 1 fully saturated rings. The van der Waals surface area contributed by atoms with Crippen molar-refractivity contribution in [3.05, 3.63) is 76.3 Å². The molecular formula is C23H28N2O6S. The van der Waals surface area contributed by atoms with Gasteiger partial charge >= 0.3 is 5.97 Å². The Morgan fingerprint density at radius 3 is 2.06 bits per heavy atom. The minimum absolute atomic E-state index is 0.0323. The van der Waals surface area contributed by atoms with Crippen LogP contribution in [0.25, 0.3) is 0 Å². The average Bonchev–Trinajstić information content (AvgIpc) is 3.13. The lowest BCUT2D eigenvalue weighted by Gasteiger charge is -2.32. The van der Waals surface area contributed by atoms with Crippen LogP contribution >= 0.6 is 0 Å². The lowest BCUT2D eigenvalue weighted by molar-refractivity contribution is -0.536. The fourth-order valence-electron chi connectivity index (χ4n) is 4.58. The molecule has 0 aromatic heterocycles. The van der Waals surface area contributed by atoms with Crippen LogP contribution < -0.4 is 0 Å². The summed E-state index contributed by atoms with van der Waals surface area (Å²) >= 11 is 0. The fourth-order valence-corrected chi connectivity index (χ4v) is 6.39. The molecule has 0 amide bonds. The second kappa shape index (κ2) is 8.99. The van der Waals surface area contributed by atoms with Crippen molar-refractivity contribution in [1.29, 1.82) is 0 Å². The molecule has 0 bridgehead atoms. The molecule has 0 spiro atoms. The third-order valence-electron chi connectivity index (χ3n) is 5.81. The quantitative estimate of drug-likeness (QED) is 0.370. The number of nitro groups is 1. The number of ether oxygens (including phenoxy) is 1. The third-order valence-corrected chi connectivity index (χ3v) is 7.69. The SMILES string of the molecule is CCOC(=O)[C@@H]1[C@H](C(C)(C)C)[C@H]([N+](=O)[O-])[C@H](c2ccccc2)N1S(=O)(=O)c1ccccc1. The van der Waals surface area contributed by atoms with Crippen molar-refractivity contribution in [1.82, 2.24) is 4.31 Å². The van der Waals surface area contributed by atoms with Crippen LogP contribution in [0.1, 0.15) is 39.3 Å². The van der Waals surface area contributed by atoms with Gasteiger partial charge in [-0.25, -0.2) is 8.42 Å². The predicted molar refractivity (Wildman–Crippen MR) is 119 cm³/mol. The summed E-state index contributed by atoms with van der Waals surface area (Å²) in [6.45, 7) is 6.99. The summed E-state index contributed by atoms with van der Waals surface area (Å²) in [6.07, 6.45) is 0. The molecule has 2 aromatic rings. The van der Waals surface area contributed by atoms with Gasteiger partial charge in [0.25, 0.3) is 0 Å². The Morgan fingerprint density at radius 1 is 1.06 bits per heavy atom. The van der Waals surface area contributed by atoms with E-state index in [1.807, 2.05) is 0 Å². The van der Waals surface area contributed by atoms with Gasteiger partial charge in [0.15, 0.2) is 0 Å². The molecule has 0 radical (unpaired) electrons. The number of carbonyl (C=O) groups excluding carboxylic acids is 1. The molecule has 3 rings (SSSR count). The summed E-state index contributed by atoms with van der Waals surface area (Å²) in [4.78, 5) is 25.1. The number of hydrogen-bond donors (Lipinski definition) is 0. The normalized spacial score (nSPS) is 24.2. The lowest BCUT2D eigenvalue weighted by Crippen LogP contribution is -2.48. The molecule has 0 saturated carbocycles. The van der Waals surface area contributed by atoms with Crippen molar-refractivity contribution in [2.75, 3.05) is 6.61 Å². The Kier molecular flexibility index (Phi) is 6.71. The van der Waals surface area contributed by atoms with E-state index in [4.69, 9.17) is 4.74 Å². The first-order chi connectivity index (χ1) is 15.0. The molecule has 0 unspecified atom stereocenters. The summed E-state index contributed by atoms with van der Waals surface area (Å²) < 4.78 is 34.0. The summed E-state index contributed by atoms with van der Waals surface area (Å²) in [7, 11) is -4.28. The Hall–Kier alpha value is -2.78. The van der Waals surface area contributed by atoms with Crippen molar-refractivity contribution in [3.8, 4) is 0 Å². The Labute approximate surface area is 188 Å². The van der Waals surface area contributed by atoms with Crippen molar-refractivity contribution < 1.29 is 22.9 Å². The number of nitrogens with zero attached hydrogens (tertiary/aromatic N) is 2. The Bertz CT molecular complexity index is 1070. The molecule has 4 atom stereocenters. The van der Waals surface area contributed by atoms with E-state index in [0.29, 0.717) is 5.56 Å². The van der Waals surface area contributed by atoms with Gasteiger partial charge in [0.05, 0.1) is 17.4 Å². The molecule has 1 heterocycles. The summed E-state index contributed by atoms with van der Waals surface area (Å²) in [6, 6.07) is 12.3. The first kappa shape index (κ1) is 23.9. The highest BCUT2D eigenvalue weighted by atomic mass is 32.2. The maximum absolute atomic E-state index is 13.9. The maximum atomic E-state index is 13.9. The standard InChI is InChI=1S/C23H28N2O6S/c1-5-31-22(26)21-18(23(2,3)4)20(25(27)28)19(16-12-8-6-9-13-16)24(21)32(29,30)17-14-10-7-11-15-17/h6-15,18-21H,5H2,1-4H3/t18-,19+,20+,21+/m1/s1. The first-order valence-corrected chi connectivity index (χ1v) is 11.9. The number of rotatable bonds is 6. The van der Waals surface area contributed by atoms with Crippen molar-refractivity contribution in [2.45, 2.75) is 50.7 Å². The molecule has 1 saturated heterocycles. The van der Waals surface area contributed by atoms with Gasteiger partial charge in [-0.15, -0.1) is 0 Å². The minimum Gasteiger partial charge on any atom is -0.465 e. The molecule has 8 nitrogen and oxygen atoms in total. The van der Waals surface area contributed by atoms with Crippen molar-refractivity contribution in [2.24, 2.45) is 11.3 Å². The fraction of sp³-hybridized carbons (Fsp3) is 0.435. The van der Waals surface area contributed by atoms with E-state index in [9.17, 15) is 23.3 Å². The van der Waals surface area contributed by atoms with Crippen LogP contribution in [0.5, 0.6) is 0 Å². The lowest BCUT2D eigenvalue weighted by atomic mass is 9.73. The van der Waals surface area contributed by atoms with Gasteiger partial charge in [0.2, 0.25) is 16.1 Å². The van der Waals surface area contributed by atoms with E-state index in [-0.39, 0.29) is 11.5 Å². The topological polar surface area (TPSA) is 107 Å². The summed E-state index contributed by atoms with van der Waals surface area (Å²) in [5, 5.41) is 12.4. The van der Waals surface area contributed by atoms with Gasteiger partial charge < -0.3 is 4.74 Å². The minimum atomic E-state index is -4.28. The van der Waals surface area contributed by atoms with E-state index in [0.717, 1.165) is 4.31 Å². The van der Waals surface area contributed by atoms with Gasteiger partial charge in [-0.2, -0.15) is 4.31 Å². The van der Waals surface area contributed by atoms with Crippen molar-refractivity contribution >= 4 is 16.0 Å². The van der Waals surface area contributed by atoms with E-state index in [1.165, 1.54) is 12.1 Å². The number of esters is 1. The molecular weight excluding hydrogens is 432 g/mol. The summed E-state index contributed by atoms with van der Waals surface area (Å²) in [5.74, 6) is -1.70. The van der Waals surface area contributed by atoms with E-state index in [1.54, 1.807) is 76.2 Å². The Morgan fingerprint density at radius 2 is 1.59 bits per heavy atom. The van der Waals surface area contributed by atoms with Gasteiger partial charge in [0, 0.05) is 4.92 Å². The smallest absolute Gasteiger partial charge is 0.325 e. The molecule has 172 valence electrons. The third kappa shape index (κ3) is 4.27. The van der Waals surface area contributed by atoms with Crippen LogP contribution in [-0.2, 0) is 19.6 Å². The zero-order chi connectivity index (χ0) is 23.7. The van der Waals surface area contributed by atoms with Gasteiger partial charge in [-0.3, -0.25) is 14.9 Å². The average molecular weight is 461 g/mol. The van der Waals surface area contributed by atoms with E-state index < -0.39 is 50.4 Å². The highest BCUT2D eigenvalue weighted by Gasteiger charge is 2.65. The second-order valence-electron chi connectivity index (χ2n) is 8.87. The van der Waals surface area contributed by atoms with Gasteiger partial charge in [0.1, 0.15) is 12.1 Å². The van der Waals surface area contributed by atoms with Crippen LogP contribution in [-0.4, -0.2) is 42.3 Å². The number of sulfonamides is 1. The van der Waals surface area contributed by atoms with Crippen molar-refractivity contribution in [3.63, 3.8) is 0 Å². The van der Waals surface area contributed by atoms with Crippen LogP contribution in [0.2, 0.25) is 0 Å². The van der Waals surface area contributed by atoms with E-state index in [2.05, 4.69) is 0 Å². The maximum Gasteiger partial charge on any atom is 0.325 e. The molecule has 2 aromatic carbocycles. The Balaban J connectivity index is 2.35. The molecule has 32 heavy (non-hydrogen) atoms. The first-order valence-electron chi connectivity index (χ1n) is 10.5. The molecule has 1 aliphatic heterocycles. The number of carbonyl (C=O) groups is 1. The van der Waals surface area contributed by atoms with Crippen LogP contribution in [0.4, 0.5) is 0 Å². The second-order valence-corrected chi connectivity index (χ2v) is 10.7. The monoisotopic (exact) mass is 460 g/mol. The molecule has 9 heteroatoms. The van der Waals surface area contributed by atoms with Gasteiger partial charge in [-0.05, 0) is 30.0 Å². The van der Waals surface area contributed by atoms with Gasteiger partial charge in [-0.1, -0.05) is 69.3 Å². The number of benzene rings is 2. The molecule has 1 aliphatic rings. The molecule has 0 N–H and O–H groups in total. The van der Waals surface area contributed by atoms with Crippen LogP contribution in [0.15, 0.2) is 65.6 Å². The number of hydrogen-bond acceptors (Lipinski definition) is 6. The molecule has 0 aliphatic carbocycles.